The molecular weight excluding hydrogens is 546 g/mol. The van der Waals surface area contributed by atoms with E-state index in [0.717, 1.165) is 45.6 Å². The van der Waals surface area contributed by atoms with E-state index in [2.05, 4.69) is 25.5 Å². The molecule has 2 aromatic heterocycles. The van der Waals surface area contributed by atoms with Crippen molar-refractivity contribution in [2.75, 3.05) is 0 Å². The normalized spacial score (nSPS) is 14.3. The molecule has 1 aliphatic rings. The third-order valence-corrected chi connectivity index (χ3v) is 6.94. The van der Waals surface area contributed by atoms with Crippen LogP contribution in [0.5, 0.6) is 5.75 Å². The van der Waals surface area contributed by atoms with Crippen LogP contribution in [0.15, 0.2) is 42.6 Å². The first-order valence-electron chi connectivity index (χ1n) is 12.5. The number of ketones is 1. The minimum Gasteiger partial charge on any atom is -0.432 e. The average molecular weight is 570 g/mol. The van der Waals surface area contributed by atoms with Gasteiger partial charge in [-0.15, -0.1) is 0 Å². The quantitative estimate of drug-likeness (QED) is 0.239. The number of ether oxygens (including phenoxy) is 1. The number of rotatable bonds is 8. The fraction of sp³-hybridized carbons (Fsp3) is 0.250. The zero-order valence-electron chi connectivity index (χ0n) is 21.8. The summed E-state index contributed by atoms with van der Waals surface area (Å²) in [7, 11) is 0. The number of carbonyl (C=O) groups excluding carboxylic acids is 3. The highest BCUT2D eigenvalue weighted by molar-refractivity contribution is 5.99. The van der Waals surface area contributed by atoms with Crippen LogP contribution in [0.25, 0.3) is 5.65 Å². The van der Waals surface area contributed by atoms with E-state index in [1.54, 1.807) is 12.1 Å². The number of amides is 2. The zero-order chi connectivity index (χ0) is 29.4. The molecule has 2 aromatic carbocycles. The predicted octanol–water partition coefficient (Wildman–Crippen LogP) is 4.47. The highest BCUT2D eigenvalue weighted by Gasteiger charge is 2.29. The summed E-state index contributed by atoms with van der Waals surface area (Å²) in [6.07, 6.45) is 2.09. The van der Waals surface area contributed by atoms with Gasteiger partial charge in [0.05, 0.1) is 12.2 Å². The number of fused-ring (bicyclic) bond motifs is 2. The lowest BCUT2D eigenvalue weighted by Gasteiger charge is -2.16. The minimum absolute atomic E-state index is 0.0511. The Balaban J connectivity index is 1.38. The average Bonchev–Trinajstić information content (AvgIpc) is 3.51. The van der Waals surface area contributed by atoms with Gasteiger partial charge in [0.15, 0.2) is 28.8 Å². The molecule has 2 N–H and O–H groups in total. The van der Waals surface area contributed by atoms with Crippen molar-refractivity contribution < 1.29 is 36.7 Å². The molecule has 41 heavy (non-hydrogen) atoms. The highest BCUT2D eigenvalue weighted by Crippen LogP contribution is 2.35. The molecule has 0 radical (unpaired) electrons. The van der Waals surface area contributed by atoms with Crippen LogP contribution in [0, 0.1) is 18.6 Å². The van der Waals surface area contributed by atoms with Gasteiger partial charge in [0.1, 0.15) is 11.4 Å². The van der Waals surface area contributed by atoms with Crippen LogP contribution in [-0.2, 0) is 13.0 Å². The molecule has 13 heteroatoms. The first kappa shape index (κ1) is 27.7. The Morgan fingerprint density at radius 2 is 1.88 bits per heavy atom. The fourth-order valence-electron chi connectivity index (χ4n) is 4.97. The summed E-state index contributed by atoms with van der Waals surface area (Å²) < 4.78 is 58.3. The van der Waals surface area contributed by atoms with Crippen molar-refractivity contribution >= 4 is 23.2 Å². The van der Waals surface area contributed by atoms with Gasteiger partial charge in [-0.25, -0.2) is 18.3 Å². The number of halogens is 4. The van der Waals surface area contributed by atoms with E-state index in [9.17, 15) is 31.9 Å². The second kappa shape index (κ2) is 11.0. The number of nitrogens with one attached hydrogen (secondary N) is 2. The van der Waals surface area contributed by atoms with Crippen LogP contribution in [0.2, 0.25) is 0 Å². The fourth-order valence-corrected chi connectivity index (χ4v) is 4.97. The van der Waals surface area contributed by atoms with Gasteiger partial charge in [0.2, 0.25) is 0 Å². The summed E-state index contributed by atoms with van der Waals surface area (Å²) in [6, 6.07) is 7.48. The van der Waals surface area contributed by atoms with E-state index >= 15 is 0 Å². The van der Waals surface area contributed by atoms with Gasteiger partial charge in [-0.1, -0.05) is 18.2 Å². The molecule has 0 spiro atoms. The number of carbonyl (C=O) groups is 3. The zero-order valence-corrected chi connectivity index (χ0v) is 21.8. The Hall–Kier alpha value is -4.81. The summed E-state index contributed by atoms with van der Waals surface area (Å²) in [5.41, 5.74) is 2.76. The van der Waals surface area contributed by atoms with Crippen molar-refractivity contribution in [3.63, 3.8) is 0 Å². The Kier molecular flexibility index (Phi) is 7.43. The molecular formula is C28H23F4N5O4. The predicted molar refractivity (Wildman–Crippen MR) is 137 cm³/mol. The smallest absolute Gasteiger partial charge is 0.387 e. The summed E-state index contributed by atoms with van der Waals surface area (Å²) in [6.45, 7) is -0.106. The molecule has 4 aromatic rings. The largest absolute Gasteiger partial charge is 0.432 e. The van der Waals surface area contributed by atoms with Crippen molar-refractivity contribution in [3.05, 3.63) is 93.4 Å². The molecule has 0 aliphatic heterocycles. The highest BCUT2D eigenvalue weighted by atomic mass is 19.3. The van der Waals surface area contributed by atoms with Gasteiger partial charge >= 0.3 is 6.61 Å². The molecule has 0 unspecified atom stereocenters. The van der Waals surface area contributed by atoms with Gasteiger partial charge in [0.25, 0.3) is 11.8 Å². The van der Waals surface area contributed by atoms with Crippen molar-refractivity contribution in [1.82, 2.24) is 25.2 Å². The maximum atomic E-state index is 14.5. The summed E-state index contributed by atoms with van der Waals surface area (Å²) in [5, 5.41) is 9.27. The van der Waals surface area contributed by atoms with Crippen LogP contribution < -0.4 is 15.4 Å². The van der Waals surface area contributed by atoms with E-state index in [4.69, 9.17) is 0 Å². The summed E-state index contributed by atoms with van der Waals surface area (Å²) >= 11 is 0. The number of alkyl halides is 2. The molecule has 9 nitrogen and oxygen atoms in total. The van der Waals surface area contributed by atoms with Crippen LogP contribution in [0.3, 0.4) is 0 Å². The molecule has 1 aliphatic carbocycles. The maximum Gasteiger partial charge on any atom is 0.387 e. The van der Waals surface area contributed by atoms with Crippen molar-refractivity contribution in [3.8, 4) is 5.75 Å². The molecule has 5 rings (SSSR count). The Morgan fingerprint density at radius 1 is 1.10 bits per heavy atom. The van der Waals surface area contributed by atoms with Crippen LogP contribution >= 0.6 is 0 Å². The summed E-state index contributed by atoms with van der Waals surface area (Å²) in [4.78, 5) is 42.2. The molecule has 2 heterocycles. The second-order valence-corrected chi connectivity index (χ2v) is 9.51. The lowest BCUT2D eigenvalue weighted by molar-refractivity contribution is -0.0522. The third-order valence-electron chi connectivity index (χ3n) is 6.94. The van der Waals surface area contributed by atoms with Crippen LogP contribution in [0.4, 0.5) is 17.6 Å². The van der Waals surface area contributed by atoms with Crippen molar-refractivity contribution in [1.29, 1.82) is 0 Å². The first-order valence-corrected chi connectivity index (χ1v) is 12.5. The molecule has 212 valence electrons. The van der Waals surface area contributed by atoms with Crippen molar-refractivity contribution in [2.45, 2.75) is 45.9 Å². The summed E-state index contributed by atoms with van der Waals surface area (Å²) in [5.74, 6) is -4.04. The van der Waals surface area contributed by atoms with E-state index in [1.807, 2.05) is 6.92 Å². The van der Waals surface area contributed by atoms with Gasteiger partial charge in [-0.3, -0.25) is 14.4 Å². The van der Waals surface area contributed by atoms with Crippen LogP contribution in [-0.4, -0.2) is 38.8 Å². The van der Waals surface area contributed by atoms with E-state index < -0.39 is 35.8 Å². The van der Waals surface area contributed by atoms with E-state index in [1.165, 1.54) is 13.0 Å². The first-order chi connectivity index (χ1) is 19.5. The lowest BCUT2D eigenvalue weighted by atomic mass is 9.96. The maximum absolute atomic E-state index is 14.5. The molecule has 0 fully saturated rings. The molecule has 0 saturated heterocycles. The molecule has 0 saturated carbocycles. The third kappa shape index (κ3) is 5.47. The Labute approximate surface area is 230 Å². The second-order valence-electron chi connectivity index (χ2n) is 9.51. The van der Waals surface area contributed by atoms with Gasteiger partial charge in [-0.2, -0.15) is 13.9 Å². The topological polar surface area (TPSA) is 115 Å². The molecule has 1 atom stereocenters. The standard InChI is InChI=1S/C28H23F4N5O4/c1-13-16(14(2)38)4-5-18-17(13)6-8-21(18)36-27(40)23-10-22(35-25-20(30)12-34-37(23)25)26(39)33-11-15-3-7-19(29)24(9-15)41-28(31)32/h3-5,7,9-10,12,21,28H,6,8,11H2,1-2H3,(H,33,39)(H,36,40)/t21-/m0/s1. The Bertz CT molecular complexity index is 1700. The number of benzene rings is 2. The molecule has 2 amide bonds. The number of hydrogen-bond acceptors (Lipinski definition) is 6. The molecule has 0 bridgehead atoms. The number of aromatic nitrogens is 3. The number of hydrogen-bond donors (Lipinski definition) is 2. The minimum atomic E-state index is -3.24. The van der Waals surface area contributed by atoms with Crippen LogP contribution in [0.1, 0.15) is 73.0 Å². The Morgan fingerprint density at radius 3 is 2.61 bits per heavy atom. The van der Waals surface area contributed by atoms with Gasteiger partial charge in [-0.05, 0) is 61.1 Å². The van der Waals surface area contributed by atoms with Gasteiger partial charge in [0, 0.05) is 18.2 Å². The van der Waals surface area contributed by atoms with E-state index in [0.29, 0.717) is 18.4 Å². The van der Waals surface area contributed by atoms with Gasteiger partial charge < -0.3 is 15.4 Å². The monoisotopic (exact) mass is 569 g/mol. The number of Topliss-reactive ketones (excluding diaryl/α,β-unsaturated/α-hetero) is 1. The SMILES string of the molecule is CC(=O)c1ccc2c(c1C)CC[C@@H]2NC(=O)c1cc(C(=O)NCc2ccc(F)c(OC(F)F)c2)nc2c(F)cnn12. The van der Waals surface area contributed by atoms with E-state index in [-0.39, 0.29) is 41.0 Å². The lowest BCUT2D eigenvalue weighted by Crippen LogP contribution is -2.30. The van der Waals surface area contributed by atoms with Crippen molar-refractivity contribution in [2.24, 2.45) is 0 Å². The number of nitrogens with zero attached hydrogens (tertiary/aromatic N) is 3.